The van der Waals surface area contributed by atoms with Crippen molar-refractivity contribution >= 4 is 15.8 Å². The standard InChI is InChI=1S/C13H14F2O5S/c1-13(6-19-7-13)8-20-11(16)9-2-4-10(5-3-9)21(17,18)12(14)15/h2-5,12H,6-8H2,1H3. The van der Waals surface area contributed by atoms with Crippen molar-refractivity contribution in [2.24, 2.45) is 5.41 Å². The van der Waals surface area contributed by atoms with Gasteiger partial charge < -0.3 is 9.47 Å². The lowest BCUT2D eigenvalue weighted by Gasteiger charge is -2.37. The highest BCUT2D eigenvalue weighted by Gasteiger charge is 2.35. The molecule has 0 unspecified atom stereocenters. The molecule has 0 atom stereocenters. The van der Waals surface area contributed by atoms with Crippen LogP contribution in [-0.2, 0) is 19.3 Å². The van der Waals surface area contributed by atoms with Crippen molar-refractivity contribution in [3.63, 3.8) is 0 Å². The molecule has 1 fully saturated rings. The van der Waals surface area contributed by atoms with Crippen molar-refractivity contribution in [3.05, 3.63) is 29.8 Å². The third kappa shape index (κ3) is 3.38. The summed E-state index contributed by atoms with van der Waals surface area (Å²) in [5, 5.41) is 0. The van der Waals surface area contributed by atoms with Gasteiger partial charge in [-0.25, -0.2) is 13.2 Å². The van der Waals surface area contributed by atoms with Gasteiger partial charge in [-0.2, -0.15) is 8.78 Å². The fourth-order valence-electron chi connectivity index (χ4n) is 1.74. The Morgan fingerprint density at radius 1 is 1.33 bits per heavy atom. The van der Waals surface area contributed by atoms with Gasteiger partial charge in [-0.1, -0.05) is 6.92 Å². The zero-order valence-electron chi connectivity index (χ0n) is 11.2. The first-order valence-electron chi connectivity index (χ1n) is 6.12. The lowest BCUT2D eigenvalue weighted by atomic mass is 9.90. The smallest absolute Gasteiger partial charge is 0.341 e. The van der Waals surface area contributed by atoms with Crippen molar-refractivity contribution in [1.29, 1.82) is 0 Å². The summed E-state index contributed by atoms with van der Waals surface area (Å²) in [4.78, 5) is 11.2. The zero-order valence-corrected chi connectivity index (χ0v) is 12.0. The molecular weight excluding hydrogens is 306 g/mol. The monoisotopic (exact) mass is 320 g/mol. The number of rotatable bonds is 5. The number of sulfone groups is 1. The van der Waals surface area contributed by atoms with Gasteiger partial charge in [0, 0.05) is 5.41 Å². The van der Waals surface area contributed by atoms with Crippen molar-refractivity contribution < 1.29 is 31.5 Å². The predicted octanol–water partition coefficient (Wildman–Crippen LogP) is 1.88. The molecule has 21 heavy (non-hydrogen) atoms. The number of carbonyl (C=O) groups is 1. The van der Waals surface area contributed by atoms with E-state index >= 15 is 0 Å². The number of ether oxygens (including phenoxy) is 2. The van der Waals surface area contributed by atoms with Gasteiger partial charge in [0.15, 0.2) is 0 Å². The molecule has 0 bridgehead atoms. The SMILES string of the molecule is CC1(COC(=O)c2ccc(S(=O)(=O)C(F)F)cc2)COC1. The number of hydrogen-bond acceptors (Lipinski definition) is 5. The molecule has 1 aliphatic rings. The fourth-order valence-corrected chi connectivity index (χ4v) is 2.46. The van der Waals surface area contributed by atoms with Gasteiger partial charge in [-0.15, -0.1) is 0 Å². The van der Waals surface area contributed by atoms with Crippen LogP contribution in [0, 0.1) is 5.41 Å². The molecule has 0 aliphatic carbocycles. The van der Waals surface area contributed by atoms with E-state index in [2.05, 4.69) is 0 Å². The van der Waals surface area contributed by atoms with Gasteiger partial charge >= 0.3 is 11.7 Å². The van der Waals surface area contributed by atoms with E-state index in [1.54, 1.807) is 0 Å². The first-order valence-corrected chi connectivity index (χ1v) is 7.66. The first kappa shape index (κ1) is 15.8. The summed E-state index contributed by atoms with van der Waals surface area (Å²) in [5.74, 6) is -4.13. The molecule has 2 rings (SSSR count). The van der Waals surface area contributed by atoms with Crippen LogP contribution < -0.4 is 0 Å². The quantitative estimate of drug-likeness (QED) is 0.775. The predicted molar refractivity (Wildman–Crippen MR) is 68.8 cm³/mol. The van der Waals surface area contributed by atoms with E-state index in [0.717, 1.165) is 24.3 Å². The lowest BCUT2D eigenvalue weighted by Crippen LogP contribution is -2.44. The van der Waals surface area contributed by atoms with E-state index in [1.165, 1.54) is 0 Å². The van der Waals surface area contributed by atoms with Crippen molar-refractivity contribution in [2.75, 3.05) is 19.8 Å². The number of esters is 1. The first-order chi connectivity index (χ1) is 9.74. The molecule has 5 nitrogen and oxygen atoms in total. The van der Waals surface area contributed by atoms with Crippen LogP contribution in [-0.4, -0.2) is 40.0 Å². The maximum Gasteiger partial charge on any atom is 0.341 e. The number of carbonyl (C=O) groups excluding carboxylic acids is 1. The molecule has 0 radical (unpaired) electrons. The van der Waals surface area contributed by atoms with Crippen LogP contribution in [0.2, 0.25) is 0 Å². The van der Waals surface area contributed by atoms with Gasteiger partial charge in [0.05, 0.1) is 23.7 Å². The average molecular weight is 320 g/mol. The second-order valence-corrected chi connectivity index (χ2v) is 7.13. The topological polar surface area (TPSA) is 69.7 Å². The van der Waals surface area contributed by atoms with Gasteiger partial charge in [-0.05, 0) is 24.3 Å². The third-order valence-corrected chi connectivity index (χ3v) is 4.50. The summed E-state index contributed by atoms with van der Waals surface area (Å²) in [6.45, 7) is 3.10. The van der Waals surface area contributed by atoms with Crippen LogP contribution in [0.5, 0.6) is 0 Å². The number of hydrogen-bond donors (Lipinski definition) is 0. The second-order valence-electron chi connectivity index (χ2n) is 5.21. The van der Waals surface area contributed by atoms with Crippen LogP contribution in [0.1, 0.15) is 17.3 Å². The summed E-state index contributed by atoms with van der Waals surface area (Å²) in [5.41, 5.74) is -0.0960. The Morgan fingerprint density at radius 2 is 1.90 bits per heavy atom. The Morgan fingerprint density at radius 3 is 2.33 bits per heavy atom. The Hall–Kier alpha value is -1.54. The second kappa shape index (κ2) is 5.69. The lowest BCUT2D eigenvalue weighted by molar-refractivity contribution is -0.127. The molecule has 1 aliphatic heterocycles. The summed E-state index contributed by atoms with van der Waals surface area (Å²) in [6.07, 6.45) is 0. The van der Waals surface area contributed by atoms with Crippen LogP contribution in [0.4, 0.5) is 8.78 Å². The maximum absolute atomic E-state index is 12.4. The molecule has 116 valence electrons. The van der Waals surface area contributed by atoms with E-state index in [-0.39, 0.29) is 17.6 Å². The molecule has 0 spiro atoms. The minimum absolute atomic E-state index is 0.104. The molecule has 0 amide bonds. The maximum atomic E-state index is 12.4. The Labute approximate surface area is 120 Å². The van der Waals surface area contributed by atoms with Crippen LogP contribution in [0.15, 0.2) is 29.2 Å². The van der Waals surface area contributed by atoms with Crippen molar-refractivity contribution in [1.82, 2.24) is 0 Å². The minimum atomic E-state index is -4.65. The van der Waals surface area contributed by atoms with Crippen LogP contribution in [0.3, 0.4) is 0 Å². The van der Waals surface area contributed by atoms with Crippen molar-refractivity contribution in [2.45, 2.75) is 17.6 Å². The molecule has 1 aromatic rings. The van der Waals surface area contributed by atoms with E-state index in [9.17, 15) is 22.0 Å². The summed E-state index contributed by atoms with van der Waals surface area (Å²) in [6, 6.07) is 4.23. The number of alkyl halides is 2. The van der Waals surface area contributed by atoms with Crippen molar-refractivity contribution in [3.8, 4) is 0 Å². The van der Waals surface area contributed by atoms with Crippen LogP contribution >= 0.6 is 0 Å². The highest BCUT2D eigenvalue weighted by atomic mass is 32.2. The van der Waals surface area contributed by atoms with E-state index in [0.29, 0.717) is 13.2 Å². The Kier molecular flexibility index (Phi) is 4.29. The highest BCUT2D eigenvalue weighted by molar-refractivity contribution is 7.91. The molecule has 0 N–H and O–H groups in total. The summed E-state index contributed by atoms with van der Waals surface area (Å²) < 4.78 is 57.3. The van der Waals surface area contributed by atoms with E-state index < -0.39 is 26.5 Å². The van der Waals surface area contributed by atoms with E-state index in [4.69, 9.17) is 9.47 Å². The molecule has 1 heterocycles. The van der Waals surface area contributed by atoms with Crippen LogP contribution in [0.25, 0.3) is 0 Å². The van der Waals surface area contributed by atoms with Gasteiger partial charge in [0.2, 0.25) is 9.84 Å². The van der Waals surface area contributed by atoms with Gasteiger partial charge in [-0.3, -0.25) is 0 Å². The Balaban J connectivity index is 2.03. The van der Waals surface area contributed by atoms with E-state index in [1.807, 2.05) is 6.92 Å². The molecular formula is C13H14F2O5S. The largest absolute Gasteiger partial charge is 0.461 e. The fraction of sp³-hybridized carbons (Fsp3) is 0.462. The number of halogens is 2. The van der Waals surface area contributed by atoms with Gasteiger partial charge in [0.25, 0.3) is 0 Å². The highest BCUT2D eigenvalue weighted by Crippen LogP contribution is 2.27. The summed E-state index contributed by atoms with van der Waals surface area (Å²) in [7, 11) is -4.65. The minimum Gasteiger partial charge on any atom is -0.461 e. The zero-order chi connectivity index (χ0) is 15.7. The third-order valence-electron chi connectivity index (χ3n) is 3.11. The molecule has 1 aromatic carbocycles. The molecule has 0 aromatic heterocycles. The average Bonchev–Trinajstić information content (AvgIpc) is 2.42. The summed E-state index contributed by atoms with van der Waals surface area (Å²) >= 11 is 0. The molecule has 8 heteroatoms. The Bertz CT molecular complexity index is 620. The van der Waals surface area contributed by atoms with Gasteiger partial charge in [0.1, 0.15) is 6.61 Å². The normalized spacial score (nSPS) is 17.3. The molecule has 1 saturated heterocycles. The number of benzene rings is 1. The molecule has 0 saturated carbocycles.